The molecule has 0 aromatic carbocycles. The number of ketones is 1. The lowest BCUT2D eigenvalue weighted by Crippen LogP contribution is -2.31. The number of ether oxygens (including phenoxy) is 1. The lowest BCUT2D eigenvalue weighted by molar-refractivity contribution is -0.153. The van der Waals surface area contributed by atoms with Crippen molar-refractivity contribution in [2.24, 2.45) is 0 Å². The van der Waals surface area contributed by atoms with Crippen molar-refractivity contribution in [3.8, 4) is 0 Å². The highest BCUT2D eigenvalue weighted by molar-refractivity contribution is 5.95. The Bertz CT molecular complexity index is 387. The van der Waals surface area contributed by atoms with E-state index >= 15 is 0 Å². The molecule has 4 nitrogen and oxygen atoms in total. The van der Waals surface area contributed by atoms with Crippen molar-refractivity contribution in [3.63, 3.8) is 0 Å². The van der Waals surface area contributed by atoms with E-state index in [2.05, 4.69) is 6.92 Å². The van der Waals surface area contributed by atoms with Crippen molar-refractivity contribution in [1.29, 1.82) is 0 Å². The van der Waals surface area contributed by atoms with E-state index in [1.54, 1.807) is 0 Å². The Hall–Kier alpha value is -1.16. The fraction of sp³-hybridized carbons (Fsp3) is 0.778. The number of esters is 1. The first kappa shape index (κ1) is 18.9. The first-order chi connectivity index (χ1) is 10.5. The number of carbonyl (C=O) groups is 2. The first-order valence-corrected chi connectivity index (χ1v) is 8.62. The number of rotatable bonds is 10. The van der Waals surface area contributed by atoms with Gasteiger partial charge in [-0.25, -0.2) is 0 Å². The van der Waals surface area contributed by atoms with Gasteiger partial charge in [0.25, 0.3) is 0 Å². The van der Waals surface area contributed by atoms with E-state index in [4.69, 9.17) is 4.74 Å². The van der Waals surface area contributed by atoms with Gasteiger partial charge in [-0.2, -0.15) is 0 Å². The molecule has 1 rings (SSSR count). The summed E-state index contributed by atoms with van der Waals surface area (Å²) in [5.41, 5.74) is 0.835. The molecule has 0 unspecified atom stereocenters. The minimum Gasteiger partial charge on any atom is -0.460 e. The van der Waals surface area contributed by atoms with Crippen molar-refractivity contribution in [2.75, 3.05) is 0 Å². The zero-order chi connectivity index (χ0) is 16.4. The van der Waals surface area contributed by atoms with Crippen LogP contribution in [0.4, 0.5) is 0 Å². The monoisotopic (exact) mass is 310 g/mol. The normalized spacial score (nSPS) is 17.8. The number of aliphatic hydroxyl groups is 1. The summed E-state index contributed by atoms with van der Waals surface area (Å²) in [6.07, 6.45) is 9.42. The number of unbranched alkanes of at least 4 members (excludes halogenated alkanes) is 3. The molecule has 4 heteroatoms. The lowest BCUT2D eigenvalue weighted by atomic mass is 9.92. The number of Topliss-reactive ketones (excluding diaryl/α,β-unsaturated/α-hetero) is 1. The van der Waals surface area contributed by atoms with Crippen LogP contribution in [0, 0.1) is 0 Å². The molecular formula is C18H30O4. The van der Waals surface area contributed by atoms with Gasteiger partial charge in [-0.05, 0) is 37.7 Å². The second kappa shape index (κ2) is 10.5. The zero-order valence-corrected chi connectivity index (χ0v) is 14.0. The van der Waals surface area contributed by atoms with Crippen LogP contribution in [0.2, 0.25) is 0 Å². The second-order valence-electron chi connectivity index (χ2n) is 6.15. The Balaban J connectivity index is 2.46. The molecule has 0 aliphatic heterocycles. The molecule has 0 aromatic rings. The van der Waals surface area contributed by atoms with Gasteiger partial charge < -0.3 is 9.84 Å². The number of allylic oxidation sites excluding steroid dienone is 2. The van der Waals surface area contributed by atoms with E-state index < -0.39 is 12.2 Å². The molecule has 0 saturated heterocycles. The molecule has 0 radical (unpaired) electrons. The summed E-state index contributed by atoms with van der Waals surface area (Å²) in [5.74, 6) is -0.174. The third-order valence-electron chi connectivity index (χ3n) is 4.15. The topological polar surface area (TPSA) is 63.6 Å². The molecule has 0 heterocycles. The Morgan fingerprint density at radius 1 is 1.32 bits per heavy atom. The molecule has 1 aliphatic carbocycles. The third kappa shape index (κ3) is 7.21. The Morgan fingerprint density at radius 2 is 2.09 bits per heavy atom. The van der Waals surface area contributed by atoms with Crippen molar-refractivity contribution < 1.29 is 19.4 Å². The Kier molecular flexibility index (Phi) is 9.05. The SMILES string of the molecule is CCCCCC[C@H](O)[C@H](CCC1=CCCCC1=O)OC(C)=O. The van der Waals surface area contributed by atoms with Crippen LogP contribution in [-0.2, 0) is 14.3 Å². The summed E-state index contributed by atoms with van der Waals surface area (Å²) in [6.45, 7) is 3.51. The van der Waals surface area contributed by atoms with E-state index in [0.29, 0.717) is 25.7 Å². The maximum absolute atomic E-state index is 11.8. The molecule has 0 fully saturated rings. The predicted molar refractivity (Wildman–Crippen MR) is 86.5 cm³/mol. The van der Waals surface area contributed by atoms with Crippen LogP contribution >= 0.6 is 0 Å². The van der Waals surface area contributed by atoms with Gasteiger partial charge in [-0.15, -0.1) is 0 Å². The summed E-state index contributed by atoms with van der Waals surface area (Å²) >= 11 is 0. The number of aliphatic hydroxyl groups excluding tert-OH is 1. The highest BCUT2D eigenvalue weighted by Crippen LogP contribution is 2.22. The van der Waals surface area contributed by atoms with Gasteiger partial charge in [0.15, 0.2) is 5.78 Å². The molecule has 2 atom stereocenters. The standard InChI is InChI=1S/C18H30O4/c1-3-4-5-6-11-17(21)18(22-14(2)19)13-12-15-9-7-8-10-16(15)20/h9,17-18,21H,3-8,10-13H2,1-2H3/t17-,18-/m0/s1. The van der Waals surface area contributed by atoms with Gasteiger partial charge in [-0.1, -0.05) is 38.7 Å². The molecule has 1 aliphatic rings. The number of hydrogen-bond acceptors (Lipinski definition) is 4. The van der Waals surface area contributed by atoms with Crippen LogP contribution in [0.1, 0.15) is 78.1 Å². The molecule has 0 aromatic heterocycles. The summed E-state index contributed by atoms with van der Waals surface area (Å²) < 4.78 is 5.27. The summed E-state index contributed by atoms with van der Waals surface area (Å²) in [7, 11) is 0. The Labute approximate surface area is 133 Å². The van der Waals surface area contributed by atoms with Crippen LogP contribution in [-0.4, -0.2) is 29.1 Å². The van der Waals surface area contributed by atoms with Gasteiger partial charge in [-0.3, -0.25) is 9.59 Å². The molecular weight excluding hydrogens is 280 g/mol. The summed E-state index contributed by atoms with van der Waals surface area (Å²) in [4.78, 5) is 23.0. The first-order valence-electron chi connectivity index (χ1n) is 8.62. The Morgan fingerprint density at radius 3 is 2.73 bits per heavy atom. The second-order valence-corrected chi connectivity index (χ2v) is 6.15. The van der Waals surface area contributed by atoms with E-state index in [0.717, 1.165) is 44.1 Å². The maximum Gasteiger partial charge on any atom is 0.302 e. The largest absolute Gasteiger partial charge is 0.460 e. The predicted octanol–water partition coefficient (Wildman–Crippen LogP) is 3.71. The van der Waals surface area contributed by atoms with Crippen molar-refractivity contribution in [1.82, 2.24) is 0 Å². The van der Waals surface area contributed by atoms with Crippen LogP contribution in [0.3, 0.4) is 0 Å². The van der Waals surface area contributed by atoms with Crippen LogP contribution in [0.25, 0.3) is 0 Å². The van der Waals surface area contributed by atoms with E-state index in [-0.39, 0.29) is 11.8 Å². The van der Waals surface area contributed by atoms with Crippen LogP contribution in [0.15, 0.2) is 11.6 Å². The molecule has 0 spiro atoms. The van der Waals surface area contributed by atoms with Gasteiger partial charge in [0, 0.05) is 13.3 Å². The summed E-state index contributed by atoms with van der Waals surface area (Å²) in [5, 5.41) is 10.3. The van der Waals surface area contributed by atoms with Gasteiger partial charge >= 0.3 is 5.97 Å². The van der Waals surface area contributed by atoms with Gasteiger partial charge in [0.05, 0.1) is 6.10 Å². The molecule has 0 bridgehead atoms. The van der Waals surface area contributed by atoms with E-state index in [1.165, 1.54) is 6.92 Å². The van der Waals surface area contributed by atoms with E-state index in [1.807, 2.05) is 6.08 Å². The van der Waals surface area contributed by atoms with Crippen LogP contribution in [0.5, 0.6) is 0 Å². The van der Waals surface area contributed by atoms with E-state index in [9.17, 15) is 14.7 Å². The number of hydrogen-bond donors (Lipinski definition) is 1. The average Bonchev–Trinajstić information content (AvgIpc) is 2.49. The molecule has 126 valence electrons. The quantitative estimate of drug-likeness (QED) is 0.493. The fourth-order valence-corrected chi connectivity index (χ4v) is 2.86. The van der Waals surface area contributed by atoms with Gasteiger partial charge in [0.2, 0.25) is 0 Å². The smallest absolute Gasteiger partial charge is 0.302 e. The van der Waals surface area contributed by atoms with Crippen LogP contribution < -0.4 is 0 Å². The molecule has 0 amide bonds. The average molecular weight is 310 g/mol. The molecule has 0 saturated carbocycles. The number of carbonyl (C=O) groups excluding carboxylic acids is 2. The van der Waals surface area contributed by atoms with Crippen molar-refractivity contribution >= 4 is 11.8 Å². The van der Waals surface area contributed by atoms with Gasteiger partial charge in [0.1, 0.15) is 6.10 Å². The molecule has 1 N–H and O–H groups in total. The minimum absolute atomic E-state index is 0.199. The summed E-state index contributed by atoms with van der Waals surface area (Å²) in [6, 6.07) is 0. The maximum atomic E-state index is 11.8. The third-order valence-corrected chi connectivity index (χ3v) is 4.15. The molecule has 22 heavy (non-hydrogen) atoms. The highest BCUT2D eigenvalue weighted by Gasteiger charge is 2.23. The fourth-order valence-electron chi connectivity index (χ4n) is 2.86. The van der Waals surface area contributed by atoms with Crippen molar-refractivity contribution in [3.05, 3.63) is 11.6 Å². The lowest BCUT2D eigenvalue weighted by Gasteiger charge is -2.23. The van der Waals surface area contributed by atoms with Crippen molar-refractivity contribution in [2.45, 2.75) is 90.3 Å². The highest BCUT2D eigenvalue weighted by atomic mass is 16.6. The zero-order valence-electron chi connectivity index (χ0n) is 14.0. The minimum atomic E-state index is -0.639.